The van der Waals surface area contributed by atoms with Crippen LogP contribution < -0.4 is 15.4 Å². The Morgan fingerprint density at radius 2 is 2.17 bits per heavy atom. The Morgan fingerprint density at radius 1 is 1.28 bits per heavy atom. The number of aryl methyl sites for hydroxylation is 1. The van der Waals surface area contributed by atoms with Gasteiger partial charge in [-0.1, -0.05) is 6.07 Å². The van der Waals surface area contributed by atoms with Gasteiger partial charge in [-0.25, -0.2) is 0 Å². The summed E-state index contributed by atoms with van der Waals surface area (Å²) in [5.41, 5.74) is 2.68. The fourth-order valence-corrected chi connectivity index (χ4v) is 3.41. The highest BCUT2D eigenvalue weighted by Gasteiger charge is 2.16. The van der Waals surface area contributed by atoms with Crippen molar-refractivity contribution in [3.8, 4) is 5.75 Å². The lowest BCUT2D eigenvalue weighted by atomic mass is 10.0. The number of nitrogens with zero attached hydrogens (tertiary/aromatic N) is 3. The molecule has 2 aromatic heterocycles. The van der Waals surface area contributed by atoms with Gasteiger partial charge >= 0.3 is 0 Å². The van der Waals surface area contributed by atoms with Gasteiger partial charge in [0.05, 0.1) is 12.6 Å². The minimum absolute atomic E-state index is 0.0468. The first kappa shape index (κ1) is 18.9. The molecule has 0 aliphatic carbocycles. The molecule has 0 fully saturated rings. The zero-order chi connectivity index (χ0) is 20.2. The van der Waals surface area contributed by atoms with E-state index in [0.717, 1.165) is 29.1 Å². The topological polar surface area (TPSA) is 97.6 Å². The minimum atomic E-state index is -0.239. The van der Waals surface area contributed by atoms with Gasteiger partial charge in [0.15, 0.2) is 11.5 Å². The molecule has 1 aliphatic rings. The smallest absolute Gasteiger partial charge is 0.224 e. The summed E-state index contributed by atoms with van der Waals surface area (Å²) in [7, 11) is 0. The molecule has 0 saturated carbocycles. The van der Waals surface area contributed by atoms with Crippen LogP contribution in [0.25, 0.3) is 5.65 Å². The van der Waals surface area contributed by atoms with Crippen LogP contribution in [0.15, 0.2) is 42.6 Å². The Bertz CT molecular complexity index is 1050. The van der Waals surface area contributed by atoms with Crippen LogP contribution >= 0.6 is 0 Å². The first-order chi connectivity index (χ1) is 14.1. The summed E-state index contributed by atoms with van der Waals surface area (Å²) in [5, 5.41) is 14.1. The molecule has 1 aromatic carbocycles. The molecule has 0 saturated heterocycles. The van der Waals surface area contributed by atoms with Gasteiger partial charge < -0.3 is 15.4 Å². The normalized spacial score (nSPS) is 14.2. The van der Waals surface area contributed by atoms with Gasteiger partial charge in [-0.05, 0) is 55.7 Å². The van der Waals surface area contributed by atoms with E-state index in [-0.39, 0.29) is 17.9 Å². The SMILES string of the molecule is CC(NC(=O)CCCOc1ccc2c(c1)CCC(=O)N2)c1nnc2ccccn12. The minimum Gasteiger partial charge on any atom is -0.494 e. The van der Waals surface area contributed by atoms with Crippen molar-refractivity contribution >= 4 is 23.1 Å². The second-order valence-corrected chi connectivity index (χ2v) is 7.10. The molecule has 2 N–H and O–H groups in total. The van der Waals surface area contributed by atoms with Gasteiger partial charge in [0.25, 0.3) is 0 Å². The maximum atomic E-state index is 12.3. The molecule has 3 aromatic rings. The van der Waals surface area contributed by atoms with Crippen molar-refractivity contribution in [3.63, 3.8) is 0 Å². The number of amides is 2. The fraction of sp³-hybridized carbons (Fsp3) is 0.333. The van der Waals surface area contributed by atoms with Crippen molar-refractivity contribution < 1.29 is 14.3 Å². The molecule has 4 rings (SSSR count). The highest BCUT2D eigenvalue weighted by Crippen LogP contribution is 2.26. The monoisotopic (exact) mass is 393 g/mol. The average molecular weight is 393 g/mol. The van der Waals surface area contributed by atoms with Crippen molar-refractivity contribution in [2.75, 3.05) is 11.9 Å². The van der Waals surface area contributed by atoms with E-state index >= 15 is 0 Å². The number of anilines is 1. The zero-order valence-electron chi connectivity index (χ0n) is 16.2. The number of aromatic nitrogens is 3. The largest absolute Gasteiger partial charge is 0.494 e. The van der Waals surface area contributed by atoms with Crippen LogP contribution in [-0.2, 0) is 16.0 Å². The van der Waals surface area contributed by atoms with Gasteiger partial charge in [-0.2, -0.15) is 0 Å². The van der Waals surface area contributed by atoms with Gasteiger partial charge in [0.1, 0.15) is 5.75 Å². The molecule has 150 valence electrons. The summed E-state index contributed by atoms with van der Waals surface area (Å²) in [6.07, 6.45) is 4.06. The maximum Gasteiger partial charge on any atom is 0.224 e. The Balaban J connectivity index is 1.24. The fourth-order valence-electron chi connectivity index (χ4n) is 3.41. The average Bonchev–Trinajstić information content (AvgIpc) is 3.15. The molecule has 1 atom stereocenters. The molecule has 0 spiro atoms. The Hall–Kier alpha value is -3.42. The van der Waals surface area contributed by atoms with Crippen molar-refractivity contribution in [3.05, 3.63) is 54.0 Å². The van der Waals surface area contributed by atoms with E-state index in [9.17, 15) is 9.59 Å². The lowest BCUT2D eigenvalue weighted by Gasteiger charge is -2.17. The molecule has 1 aliphatic heterocycles. The molecule has 8 heteroatoms. The molecule has 8 nitrogen and oxygen atoms in total. The highest BCUT2D eigenvalue weighted by molar-refractivity contribution is 5.94. The molecular weight excluding hydrogens is 370 g/mol. The summed E-state index contributed by atoms with van der Waals surface area (Å²) in [5.74, 6) is 1.45. The van der Waals surface area contributed by atoms with Crippen LogP contribution in [-0.4, -0.2) is 33.0 Å². The molecule has 0 radical (unpaired) electrons. The lowest BCUT2D eigenvalue weighted by Crippen LogP contribution is -2.28. The molecule has 29 heavy (non-hydrogen) atoms. The third-order valence-corrected chi connectivity index (χ3v) is 4.89. The van der Waals surface area contributed by atoms with Crippen molar-refractivity contribution in [2.45, 2.75) is 38.6 Å². The van der Waals surface area contributed by atoms with Crippen LogP contribution in [0.1, 0.15) is 43.6 Å². The molecule has 2 amide bonds. The Morgan fingerprint density at radius 3 is 3.07 bits per heavy atom. The summed E-state index contributed by atoms with van der Waals surface area (Å²) in [4.78, 5) is 23.7. The van der Waals surface area contributed by atoms with Crippen LogP contribution in [0.5, 0.6) is 5.75 Å². The molecule has 3 heterocycles. The summed E-state index contributed by atoms with van der Waals surface area (Å²) in [6, 6.07) is 11.1. The molecular formula is C21H23N5O3. The van der Waals surface area contributed by atoms with Gasteiger partial charge in [-0.15, -0.1) is 10.2 Å². The Labute approximate surface area is 168 Å². The predicted molar refractivity (Wildman–Crippen MR) is 108 cm³/mol. The summed E-state index contributed by atoms with van der Waals surface area (Å²) >= 11 is 0. The lowest BCUT2D eigenvalue weighted by molar-refractivity contribution is -0.122. The molecule has 1 unspecified atom stereocenters. The van der Waals surface area contributed by atoms with Crippen molar-refractivity contribution in [1.82, 2.24) is 19.9 Å². The van der Waals surface area contributed by atoms with Crippen LogP contribution in [0.2, 0.25) is 0 Å². The van der Waals surface area contributed by atoms with Gasteiger partial charge in [0, 0.05) is 24.7 Å². The summed E-state index contributed by atoms with van der Waals surface area (Å²) < 4.78 is 7.63. The number of fused-ring (bicyclic) bond motifs is 2. The van der Waals surface area contributed by atoms with Crippen LogP contribution in [0.4, 0.5) is 5.69 Å². The Kier molecular flexibility index (Phi) is 5.41. The van der Waals surface area contributed by atoms with Gasteiger partial charge in [-0.3, -0.25) is 14.0 Å². The van der Waals surface area contributed by atoms with Crippen molar-refractivity contribution in [1.29, 1.82) is 0 Å². The zero-order valence-corrected chi connectivity index (χ0v) is 16.2. The highest BCUT2D eigenvalue weighted by atomic mass is 16.5. The third-order valence-electron chi connectivity index (χ3n) is 4.89. The van der Waals surface area contributed by atoms with E-state index in [1.54, 1.807) is 0 Å². The number of benzene rings is 1. The number of ether oxygens (including phenoxy) is 1. The van der Waals surface area contributed by atoms with E-state index in [4.69, 9.17) is 4.74 Å². The van der Waals surface area contributed by atoms with Crippen LogP contribution in [0.3, 0.4) is 0 Å². The summed E-state index contributed by atoms with van der Waals surface area (Å²) in [6.45, 7) is 2.34. The number of hydrogen-bond donors (Lipinski definition) is 2. The predicted octanol–water partition coefficient (Wildman–Crippen LogP) is 2.65. The quantitative estimate of drug-likeness (QED) is 0.602. The third kappa shape index (κ3) is 4.37. The van der Waals surface area contributed by atoms with E-state index in [1.807, 2.05) is 53.9 Å². The standard InChI is InChI=1S/C21H23N5O3/c1-14(21-25-24-18-5-2-3-11-26(18)21)22-19(27)6-4-12-29-16-8-9-17-15(13-16)7-10-20(28)23-17/h2-3,5,8-9,11,13-14H,4,6-7,10,12H2,1H3,(H,22,27)(H,23,28). The second-order valence-electron chi connectivity index (χ2n) is 7.10. The number of carbonyl (C=O) groups excluding carboxylic acids is 2. The van der Waals surface area contributed by atoms with Gasteiger partial charge in [0.2, 0.25) is 11.8 Å². The van der Waals surface area contributed by atoms with Crippen LogP contribution in [0, 0.1) is 0 Å². The number of carbonyl (C=O) groups is 2. The van der Waals surface area contributed by atoms with E-state index in [2.05, 4.69) is 20.8 Å². The number of pyridine rings is 1. The number of rotatable bonds is 7. The first-order valence-corrected chi connectivity index (χ1v) is 9.75. The van der Waals surface area contributed by atoms with Crippen molar-refractivity contribution in [2.24, 2.45) is 0 Å². The molecule has 0 bridgehead atoms. The second kappa shape index (κ2) is 8.30. The van der Waals surface area contributed by atoms with E-state index < -0.39 is 0 Å². The van der Waals surface area contributed by atoms with E-state index in [1.165, 1.54) is 0 Å². The maximum absolute atomic E-state index is 12.3. The number of hydrogen-bond acceptors (Lipinski definition) is 5. The number of nitrogens with one attached hydrogen (secondary N) is 2. The van der Waals surface area contributed by atoms with E-state index in [0.29, 0.717) is 31.7 Å². The first-order valence-electron chi connectivity index (χ1n) is 9.75.